The van der Waals surface area contributed by atoms with Crippen molar-refractivity contribution in [2.24, 2.45) is 0 Å². The fourth-order valence-corrected chi connectivity index (χ4v) is 1.92. The highest BCUT2D eigenvalue weighted by Crippen LogP contribution is 2.10. The third kappa shape index (κ3) is 3.23. The maximum atomic E-state index is 11.9. The van der Waals surface area contributed by atoms with E-state index in [0.717, 1.165) is 11.8 Å². The molecule has 0 aliphatic heterocycles. The molecule has 1 amide bonds. The van der Waals surface area contributed by atoms with Crippen LogP contribution < -0.4 is 0 Å². The first kappa shape index (κ1) is 13.6. The molecule has 1 aromatic rings. The second-order valence-corrected chi connectivity index (χ2v) is 4.51. The first-order valence-corrected chi connectivity index (χ1v) is 6.32. The fraction of sp³-hybridized carbons (Fsp3) is 0.500. The SMILES string of the molecule is CSCC(C)N(C)C(=O)c1cc(C(=O)O)on1. The van der Waals surface area contributed by atoms with Gasteiger partial charge in [0, 0.05) is 24.9 Å². The van der Waals surface area contributed by atoms with Gasteiger partial charge < -0.3 is 14.5 Å². The van der Waals surface area contributed by atoms with Gasteiger partial charge in [0.1, 0.15) is 0 Å². The van der Waals surface area contributed by atoms with Crippen LogP contribution in [0.5, 0.6) is 0 Å². The van der Waals surface area contributed by atoms with Crippen LogP contribution in [-0.4, -0.2) is 52.1 Å². The Kier molecular flexibility index (Phi) is 4.56. The van der Waals surface area contributed by atoms with Gasteiger partial charge in [-0.3, -0.25) is 4.79 Å². The van der Waals surface area contributed by atoms with Gasteiger partial charge in [-0.25, -0.2) is 4.79 Å². The Balaban J connectivity index is 2.77. The van der Waals surface area contributed by atoms with Crippen LogP contribution in [0.1, 0.15) is 28.0 Å². The number of thioether (sulfide) groups is 1. The van der Waals surface area contributed by atoms with E-state index in [9.17, 15) is 9.59 Å². The van der Waals surface area contributed by atoms with Gasteiger partial charge in [-0.15, -0.1) is 0 Å². The summed E-state index contributed by atoms with van der Waals surface area (Å²) in [5.41, 5.74) is 0.0119. The average molecular weight is 258 g/mol. The summed E-state index contributed by atoms with van der Waals surface area (Å²) in [5, 5.41) is 12.1. The molecular weight excluding hydrogens is 244 g/mol. The predicted octanol–water partition coefficient (Wildman–Crippen LogP) is 1.20. The van der Waals surface area contributed by atoms with Gasteiger partial charge in [0.25, 0.3) is 5.91 Å². The lowest BCUT2D eigenvalue weighted by Gasteiger charge is -2.23. The zero-order valence-corrected chi connectivity index (χ0v) is 10.7. The number of carboxylic acid groups (broad SMARTS) is 1. The number of amides is 1. The number of carbonyl (C=O) groups excluding carboxylic acids is 1. The Morgan fingerprint density at radius 1 is 1.65 bits per heavy atom. The molecule has 0 spiro atoms. The van der Waals surface area contributed by atoms with E-state index in [4.69, 9.17) is 5.11 Å². The van der Waals surface area contributed by atoms with Crippen LogP contribution in [0.2, 0.25) is 0 Å². The molecule has 1 rings (SSSR count). The minimum absolute atomic E-state index is 0.0119. The summed E-state index contributed by atoms with van der Waals surface area (Å²) in [6.45, 7) is 1.91. The van der Waals surface area contributed by atoms with Gasteiger partial charge in [-0.05, 0) is 13.2 Å². The van der Waals surface area contributed by atoms with Gasteiger partial charge in [0.15, 0.2) is 5.69 Å². The van der Waals surface area contributed by atoms with E-state index in [1.165, 1.54) is 4.90 Å². The number of hydrogen-bond donors (Lipinski definition) is 1. The Morgan fingerprint density at radius 2 is 2.29 bits per heavy atom. The Bertz CT molecular complexity index is 418. The highest BCUT2D eigenvalue weighted by atomic mass is 32.2. The van der Waals surface area contributed by atoms with Gasteiger partial charge >= 0.3 is 5.97 Å². The van der Waals surface area contributed by atoms with E-state index in [0.29, 0.717) is 0 Å². The molecule has 1 aromatic heterocycles. The standard InChI is InChI=1S/C10H14N2O4S/c1-6(5-17-3)12(2)9(13)7-4-8(10(14)15)16-11-7/h4,6H,5H2,1-3H3,(H,14,15). The number of carbonyl (C=O) groups is 2. The number of carboxylic acids is 1. The topological polar surface area (TPSA) is 83.6 Å². The molecule has 0 saturated heterocycles. The summed E-state index contributed by atoms with van der Waals surface area (Å²) in [6, 6.07) is 1.18. The molecule has 94 valence electrons. The molecule has 1 atom stereocenters. The van der Waals surface area contributed by atoms with Gasteiger partial charge in [0.05, 0.1) is 0 Å². The Labute approximate surface area is 103 Å². The molecule has 6 nitrogen and oxygen atoms in total. The second kappa shape index (κ2) is 5.72. The first-order valence-electron chi connectivity index (χ1n) is 4.93. The van der Waals surface area contributed by atoms with Crippen LogP contribution in [0.4, 0.5) is 0 Å². The van der Waals surface area contributed by atoms with E-state index in [-0.39, 0.29) is 23.4 Å². The van der Waals surface area contributed by atoms with Crippen LogP contribution in [0.25, 0.3) is 0 Å². The van der Waals surface area contributed by atoms with E-state index < -0.39 is 5.97 Å². The number of hydrogen-bond acceptors (Lipinski definition) is 5. The van der Waals surface area contributed by atoms with Crippen molar-refractivity contribution in [3.8, 4) is 0 Å². The molecule has 0 aromatic carbocycles. The molecular formula is C10H14N2O4S. The van der Waals surface area contributed by atoms with Gasteiger partial charge in [0.2, 0.25) is 5.76 Å². The van der Waals surface area contributed by atoms with Crippen molar-refractivity contribution in [1.82, 2.24) is 10.1 Å². The second-order valence-electron chi connectivity index (χ2n) is 3.60. The molecule has 0 bridgehead atoms. The number of aromatic carboxylic acids is 1. The normalized spacial score (nSPS) is 12.2. The molecule has 0 saturated carbocycles. The summed E-state index contributed by atoms with van der Waals surface area (Å²) >= 11 is 1.63. The lowest BCUT2D eigenvalue weighted by Crippen LogP contribution is -2.36. The van der Waals surface area contributed by atoms with Crippen molar-refractivity contribution < 1.29 is 19.2 Å². The van der Waals surface area contributed by atoms with E-state index in [2.05, 4.69) is 9.68 Å². The average Bonchev–Trinajstić information content (AvgIpc) is 2.76. The van der Waals surface area contributed by atoms with Crippen LogP contribution in [0, 0.1) is 0 Å². The van der Waals surface area contributed by atoms with Crippen LogP contribution in [-0.2, 0) is 0 Å². The van der Waals surface area contributed by atoms with E-state index in [1.54, 1.807) is 18.8 Å². The van der Waals surface area contributed by atoms with Crippen molar-refractivity contribution in [2.75, 3.05) is 19.1 Å². The minimum atomic E-state index is -1.24. The summed E-state index contributed by atoms with van der Waals surface area (Å²) in [6.07, 6.45) is 1.95. The lowest BCUT2D eigenvalue weighted by molar-refractivity contribution is 0.0648. The summed E-state index contributed by atoms with van der Waals surface area (Å²) < 4.78 is 4.53. The third-order valence-electron chi connectivity index (χ3n) is 2.33. The fourth-order valence-electron chi connectivity index (χ4n) is 1.21. The number of aromatic nitrogens is 1. The van der Waals surface area contributed by atoms with Gasteiger partial charge in [-0.1, -0.05) is 5.16 Å². The zero-order chi connectivity index (χ0) is 13.0. The minimum Gasteiger partial charge on any atom is -0.475 e. The monoisotopic (exact) mass is 258 g/mol. The smallest absolute Gasteiger partial charge is 0.374 e. The van der Waals surface area contributed by atoms with Crippen molar-refractivity contribution in [3.63, 3.8) is 0 Å². The molecule has 1 heterocycles. The predicted molar refractivity (Wildman–Crippen MR) is 63.4 cm³/mol. The first-order chi connectivity index (χ1) is 7.97. The molecule has 17 heavy (non-hydrogen) atoms. The number of rotatable bonds is 5. The molecule has 0 aliphatic carbocycles. The number of nitrogens with zero attached hydrogens (tertiary/aromatic N) is 2. The summed E-state index contributed by atoms with van der Waals surface area (Å²) in [5.74, 6) is -1.12. The third-order valence-corrected chi connectivity index (χ3v) is 3.15. The van der Waals surface area contributed by atoms with Crippen molar-refractivity contribution in [2.45, 2.75) is 13.0 Å². The molecule has 1 N–H and O–H groups in total. The Morgan fingerprint density at radius 3 is 2.76 bits per heavy atom. The molecule has 1 unspecified atom stereocenters. The van der Waals surface area contributed by atoms with Crippen LogP contribution in [0.15, 0.2) is 10.6 Å². The molecule has 0 aliphatic rings. The Hall–Kier alpha value is -1.50. The largest absolute Gasteiger partial charge is 0.475 e. The molecule has 0 radical (unpaired) electrons. The summed E-state index contributed by atoms with van der Waals surface area (Å²) in [4.78, 5) is 24.0. The van der Waals surface area contributed by atoms with Crippen LogP contribution in [0.3, 0.4) is 0 Å². The summed E-state index contributed by atoms with van der Waals surface area (Å²) in [7, 11) is 1.65. The van der Waals surface area contributed by atoms with Crippen molar-refractivity contribution in [1.29, 1.82) is 0 Å². The van der Waals surface area contributed by atoms with E-state index >= 15 is 0 Å². The molecule has 7 heteroatoms. The van der Waals surface area contributed by atoms with Crippen molar-refractivity contribution >= 4 is 23.6 Å². The lowest BCUT2D eigenvalue weighted by atomic mass is 10.3. The highest BCUT2D eigenvalue weighted by molar-refractivity contribution is 7.98. The highest BCUT2D eigenvalue weighted by Gasteiger charge is 2.22. The molecule has 0 fully saturated rings. The maximum Gasteiger partial charge on any atom is 0.374 e. The zero-order valence-electron chi connectivity index (χ0n) is 9.84. The maximum absolute atomic E-state index is 11.9. The van der Waals surface area contributed by atoms with Gasteiger partial charge in [-0.2, -0.15) is 11.8 Å². The van der Waals surface area contributed by atoms with Crippen molar-refractivity contribution in [3.05, 3.63) is 17.5 Å². The van der Waals surface area contributed by atoms with E-state index in [1.807, 2.05) is 13.2 Å². The van der Waals surface area contributed by atoms with Crippen LogP contribution >= 0.6 is 11.8 Å². The quantitative estimate of drug-likeness (QED) is 0.854.